The van der Waals surface area contributed by atoms with Gasteiger partial charge in [-0.25, -0.2) is 0 Å². The molecule has 1 fully saturated rings. The fourth-order valence-electron chi connectivity index (χ4n) is 1.88. The SMILES string of the molecule is C/C=C1/CC(NC)CC(C)(C)N1. The Morgan fingerprint density at radius 1 is 1.58 bits per heavy atom. The van der Waals surface area contributed by atoms with E-state index in [0.717, 1.165) is 6.42 Å². The van der Waals surface area contributed by atoms with Crippen molar-refractivity contribution in [2.75, 3.05) is 7.05 Å². The van der Waals surface area contributed by atoms with Crippen molar-refractivity contribution in [3.8, 4) is 0 Å². The summed E-state index contributed by atoms with van der Waals surface area (Å²) in [5.41, 5.74) is 1.61. The third kappa shape index (κ3) is 2.24. The van der Waals surface area contributed by atoms with Crippen LogP contribution >= 0.6 is 0 Å². The van der Waals surface area contributed by atoms with Gasteiger partial charge in [0.05, 0.1) is 0 Å². The minimum absolute atomic E-state index is 0.244. The maximum atomic E-state index is 3.53. The molecule has 0 radical (unpaired) electrons. The predicted octanol–water partition coefficient (Wildman–Crippen LogP) is 1.64. The smallest absolute Gasteiger partial charge is 0.0329 e. The van der Waals surface area contributed by atoms with Crippen LogP contribution in [0, 0.1) is 0 Å². The Hall–Kier alpha value is -0.500. The van der Waals surface area contributed by atoms with Gasteiger partial charge in [-0.1, -0.05) is 6.08 Å². The van der Waals surface area contributed by atoms with Crippen LogP contribution < -0.4 is 10.6 Å². The fourth-order valence-corrected chi connectivity index (χ4v) is 1.88. The Morgan fingerprint density at radius 3 is 2.75 bits per heavy atom. The van der Waals surface area contributed by atoms with Crippen molar-refractivity contribution >= 4 is 0 Å². The molecule has 1 saturated heterocycles. The summed E-state index contributed by atoms with van der Waals surface area (Å²) in [5, 5.41) is 6.87. The van der Waals surface area contributed by atoms with E-state index in [0.29, 0.717) is 6.04 Å². The molecule has 0 bridgehead atoms. The van der Waals surface area contributed by atoms with Crippen LogP contribution in [0.15, 0.2) is 11.8 Å². The Bertz CT molecular complexity index is 182. The molecule has 0 aromatic rings. The topological polar surface area (TPSA) is 24.1 Å². The average molecular weight is 168 g/mol. The van der Waals surface area contributed by atoms with Gasteiger partial charge in [-0.15, -0.1) is 0 Å². The first-order valence-corrected chi connectivity index (χ1v) is 4.68. The van der Waals surface area contributed by atoms with Gasteiger partial charge < -0.3 is 10.6 Å². The van der Waals surface area contributed by atoms with Crippen molar-refractivity contribution in [2.24, 2.45) is 0 Å². The van der Waals surface area contributed by atoms with Crippen LogP contribution in [0.4, 0.5) is 0 Å². The van der Waals surface area contributed by atoms with Crippen LogP contribution in [0.25, 0.3) is 0 Å². The van der Waals surface area contributed by atoms with Crippen molar-refractivity contribution in [1.82, 2.24) is 10.6 Å². The van der Waals surface area contributed by atoms with Crippen LogP contribution in [0.1, 0.15) is 33.6 Å². The highest BCUT2D eigenvalue weighted by Gasteiger charge is 2.28. The minimum Gasteiger partial charge on any atom is -0.384 e. The number of allylic oxidation sites excluding steroid dienone is 1. The van der Waals surface area contributed by atoms with E-state index in [-0.39, 0.29) is 5.54 Å². The quantitative estimate of drug-likeness (QED) is 0.622. The van der Waals surface area contributed by atoms with Gasteiger partial charge in [0.15, 0.2) is 0 Å². The number of rotatable bonds is 1. The summed E-state index contributed by atoms with van der Waals surface area (Å²) in [7, 11) is 2.04. The monoisotopic (exact) mass is 168 g/mol. The lowest BCUT2D eigenvalue weighted by atomic mass is 9.88. The molecule has 1 rings (SSSR count). The Kier molecular flexibility index (Phi) is 2.78. The Morgan fingerprint density at radius 2 is 2.25 bits per heavy atom. The van der Waals surface area contributed by atoms with Gasteiger partial charge in [0.2, 0.25) is 0 Å². The van der Waals surface area contributed by atoms with E-state index >= 15 is 0 Å². The van der Waals surface area contributed by atoms with E-state index < -0.39 is 0 Å². The summed E-state index contributed by atoms with van der Waals surface area (Å²) < 4.78 is 0. The van der Waals surface area contributed by atoms with Crippen molar-refractivity contribution in [3.63, 3.8) is 0 Å². The lowest BCUT2D eigenvalue weighted by Crippen LogP contribution is -2.50. The molecule has 70 valence electrons. The molecule has 1 aliphatic heterocycles. The van der Waals surface area contributed by atoms with Crippen molar-refractivity contribution < 1.29 is 0 Å². The summed E-state index contributed by atoms with van der Waals surface area (Å²) in [6.07, 6.45) is 4.50. The van der Waals surface area contributed by atoms with E-state index in [4.69, 9.17) is 0 Å². The first-order valence-electron chi connectivity index (χ1n) is 4.68. The second kappa shape index (κ2) is 3.48. The maximum absolute atomic E-state index is 3.53. The van der Waals surface area contributed by atoms with Gasteiger partial charge >= 0.3 is 0 Å². The fraction of sp³-hybridized carbons (Fsp3) is 0.800. The molecule has 1 heterocycles. The molecule has 0 aromatic heterocycles. The number of nitrogens with one attached hydrogen (secondary N) is 2. The molecule has 2 heteroatoms. The largest absolute Gasteiger partial charge is 0.384 e. The van der Waals surface area contributed by atoms with Crippen LogP contribution in [-0.2, 0) is 0 Å². The molecule has 1 unspecified atom stereocenters. The highest BCUT2D eigenvalue weighted by molar-refractivity contribution is 5.10. The number of hydrogen-bond donors (Lipinski definition) is 2. The molecular formula is C10H20N2. The van der Waals surface area contributed by atoms with E-state index in [2.05, 4.69) is 37.5 Å². The summed E-state index contributed by atoms with van der Waals surface area (Å²) in [4.78, 5) is 0. The van der Waals surface area contributed by atoms with Crippen molar-refractivity contribution in [2.45, 2.75) is 45.2 Å². The molecule has 0 aliphatic carbocycles. The summed E-state index contributed by atoms with van der Waals surface area (Å²) in [6.45, 7) is 6.59. The first-order chi connectivity index (χ1) is 5.57. The lowest BCUT2D eigenvalue weighted by molar-refractivity contribution is 0.290. The minimum atomic E-state index is 0.244. The first kappa shape index (κ1) is 9.59. The standard InChI is InChI=1S/C10H20N2/c1-5-8-6-9(11-4)7-10(2,3)12-8/h5,9,11-12H,6-7H2,1-4H3/b8-5-. The lowest BCUT2D eigenvalue weighted by Gasteiger charge is -2.38. The van der Waals surface area contributed by atoms with E-state index in [9.17, 15) is 0 Å². The van der Waals surface area contributed by atoms with Crippen LogP contribution in [0.2, 0.25) is 0 Å². The molecular weight excluding hydrogens is 148 g/mol. The maximum Gasteiger partial charge on any atom is 0.0329 e. The molecule has 0 spiro atoms. The summed E-state index contributed by atoms with van der Waals surface area (Å²) in [6, 6.07) is 0.632. The van der Waals surface area contributed by atoms with Crippen molar-refractivity contribution in [1.29, 1.82) is 0 Å². The molecule has 12 heavy (non-hydrogen) atoms. The average Bonchev–Trinajstić information content (AvgIpc) is 2.01. The zero-order valence-electron chi connectivity index (χ0n) is 8.57. The van der Waals surface area contributed by atoms with E-state index in [1.807, 2.05) is 7.05 Å². The van der Waals surface area contributed by atoms with E-state index in [1.54, 1.807) is 0 Å². The molecule has 1 atom stereocenters. The van der Waals surface area contributed by atoms with Gasteiger partial charge in [-0.05, 0) is 34.2 Å². The van der Waals surface area contributed by atoms with Crippen LogP contribution in [0.5, 0.6) is 0 Å². The molecule has 0 amide bonds. The third-order valence-electron chi connectivity index (χ3n) is 2.48. The van der Waals surface area contributed by atoms with Crippen LogP contribution in [-0.4, -0.2) is 18.6 Å². The number of hydrogen-bond acceptors (Lipinski definition) is 2. The Balaban J connectivity index is 2.66. The van der Waals surface area contributed by atoms with Gasteiger partial charge in [0.1, 0.15) is 0 Å². The Labute approximate surface area is 75.4 Å². The molecule has 0 aromatic carbocycles. The summed E-state index contributed by atoms with van der Waals surface area (Å²) >= 11 is 0. The van der Waals surface area contributed by atoms with Gasteiger partial charge in [-0.3, -0.25) is 0 Å². The predicted molar refractivity (Wildman–Crippen MR) is 53.1 cm³/mol. The number of piperidine rings is 1. The normalized spacial score (nSPS) is 31.7. The second-order valence-electron chi connectivity index (χ2n) is 4.22. The molecule has 0 saturated carbocycles. The van der Waals surface area contributed by atoms with Crippen LogP contribution in [0.3, 0.4) is 0 Å². The zero-order chi connectivity index (χ0) is 9.19. The van der Waals surface area contributed by atoms with E-state index in [1.165, 1.54) is 12.1 Å². The molecule has 2 nitrogen and oxygen atoms in total. The van der Waals surface area contributed by atoms with Gasteiger partial charge in [-0.2, -0.15) is 0 Å². The third-order valence-corrected chi connectivity index (χ3v) is 2.48. The highest BCUT2D eigenvalue weighted by Crippen LogP contribution is 2.23. The van der Waals surface area contributed by atoms with Gasteiger partial charge in [0, 0.05) is 23.7 Å². The highest BCUT2D eigenvalue weighted by atomic mass is 15.0. The summed E-state index contributed by atoms with van der Waals surface area (Å²) in [5.74, 6) is 0. The molecule has 1 aliphatic rings. The zero-order valence-corrected chi connectivity index (χ0v) is 8.57. The van der Waals surface area contributed by atoms with Crippen molar-refractivity contribution in [3.05, 3.63) is 11.8 Å². The van der Waals surface area contributed by atoms with Gasteiger partial charge in [0.25, 0.3) is 0 Å². The molecule has 2 N–H and O–H groups in total. The second-order valence-corrected chi connectivity index (χ2v) is 4.22.